The van der Waals surface area contributed by atoms with E-state index in [2.05, 4.69) is 15.5 Å². The Bertz CT molecular complexity index is 698. The molecule has 2 aromatic heterocycles. The van der Waals surface area contributed by atoms with E-state index in [1.807, 2.05) is 17.5 Å². The topological polar surface area (TPSA) is 105 Å². The van der Waals surface area contributed by atoms with E-state index in [-0.39, 0.29) is 17.9 Å². The van der Waals surface area contributed by atoms with Gasteiger partial charge in [-0.2, -0.15) is 4.98 Å². The monoisotopic (exact) mass is 349 g/mol. The zero-order valence-corrected chi connectivity index (χ0v) is 13.9. The van der Waals surface area contributed by atoms with Crippen molar-refractivity contribution >= 4 is 23.2 Å². The Hall–Kier alpha value is -2.22. The molecule has 2 N–H and O–H groups in total. The number of amides is 1. The fourth-order valence-corrected chi connectivity index (χ4v) is 3.55. The maximum absolute atomic E-state index is 11.9. The first-order valence-corrected chi connectivity index (χ1v) is 8.88. The summed E-state index contributed by atoms with van der Waals surface area (Å²) in [7, 11) is 0. The fraction of sp³-hybridized carbons (Fsp3) is 0.500. The molecule has 2 aromatic rings. The number of carboxylic acid groups (broad SMARTS) is 1. The SMILES string of the molecule is O=C(CCCc1nc(-c2cccs2)no1)N[C@H]1CC[C@@H](C(=O)O)C1. The van der Waals surface area contributed by atoms with Gasteiger partial charge in [-0.05, 0) is 37.1 Å². The Morgan fingerprint density at radius 2 is 2.29 bits per heavy atom. The number of carbonyl (C=O) groups is 2. The van der Waals surface area contributed by atoms with Crippen LogP contribution < -0.4 is 5.32 Å². The predicted molar refractivity (Wildman–Crippen MR) is 87.5 cm³/mol. The van der Waals surface area contributed by atoms with Crippen LogP contribution in [0.15, 0.2) is 22.0 Å². The maximum Gasteiger partial charge on any atom is 0.306 e. The molecule has 2 heterocycles. The molecule has 0 spiro atoms. The van der Waals surface area contributed by atoms with Gasteiger partial charge in [-0.15, -0.1) is 11.3 Å². The normalized spacial score (nSPS) is 20.2. The molecule has 1 fully saturated rings. The third-order valence-corrected chi connectivity index (χ3v) is 5.02. The van der Waals surface area contributed by atoms with Gasteiger partial charge in [0.1, 0.15) is 0 Å². The van der Waals surface area contributed by atoms with Crippen LogP contribution in [0.25, 0.3) is 10.7 Å². The van der Waals surface area contributed by atoms with Crippen LogP contribution in [0.3, 0.4) is 0 Å². The maximum atomic E-state index is 11.9. The molecule has 1 saturated carbocycles. The summed E-state index contributed by atoms with van der Waals surface area (Å²) >= 11 is 1.55. The summed E-state index contributed by atoms with van der Waals surface area (Å²) in [6.07, 6.45) is 3.42. The number of aromatic nitrogens is 2. The van der Waals surface area contributed by atoms with Gasteiger partial charge in [0.2, 0.25) is 17.6 Å². The summed E-state index contributed by atoms with van der Waals surface area (Å²) in [4.78, 5) is 28.1. The Kier molecular flexibility index (Phi) is 5.24. The molecular weight excluding hydrogens is 330 g/mol. The molecular formula is C16H19N3O4S. The zero-order chi connectivity index (χ0) is 16.9. The van der Waals surface area contributed by atoms with Gasteiger partial charge < -0.3 is 14.9 Å². The van der Waals surface area contributed by atoms with Crippen LogP contribution in [0.2, 0.25) is 0 Å². The van der Waals surface area contributed by atoms with Gasteiger partial charge in [0.05, 0.1) is 10.8 Å². The third-order valence-electron chi connectivity index (χ3n) is 4.15. The van der Waals surface area contributed by atoms with Gasteiger partial charge in [-0.3, -0.25) is 9.59 Å². The smallest absolute Gasteiger partial charge is 0.306 e. The summed E-state index contributed by atoms with van der Waals surface area (Å²) in [5, 5.41) is 17.8. The van der Waals surface area contributed by atoms with Crippen LogP contribution in [0.1, 0.15) is 38.0 Å². The molecule has 8 heteroatoms. The Morgan fingerprint density at radius 1 is 1.42 bits per heavy atom. The van der Waals surface area contributed by atoms with Crippen LogP contribution in [0.5, 0.6) is 0 Å². The molecule has 128 valence electrons. The van der Waals surface area contributed by atoms with E-state index in [1.165, 1.54) is 0 Å². The Labute approximate surface area is 143 Å². The number of carboxylic acids is 1. The summed E-state index contributed by atoms with van der Waals surface area (Å²) in [6.45, 7) is 0. The fourth-order valence-electron chi connectivity index (χ4n) is 2.90. The molecule has 0 radical (unpaired) electrons. The lowest BCUT2D eigenvalue weighted by atomic mass is 10.1. The molecule has 2 atom stereocenters. The van der Waals surface area contributed by atoms with Gasteiger partial charge in [-0.25, -0.2) is 0 Å². The zero-order valence-electron chi connectivity index (χ0n) is 13.1. The number of hydrogen-bond acceptors (Lipinski definition) is 6. The summed E-state index contributed by atoms with van der Waals surface area (Å²) in [5.74, 6) is -0.0498. The first-order valence-electron chi connectivity index (χ1n) is 8.00. The molecule has 3 rings (SSSR count). The van der Waals surface area contributed by atoms with E-state index in [9.17, 15) is 9.59 Å². The lowest BCUT2D eigenvalue weighted by molar-refractivity contribution is -0.141. The molecule has 1 amide bonds. The molecule has 0 bridgehead atoms. The first-order chi connectivity index (χ1) is 11.6. The van der Waals surface area contributed by atoms with Crippen LogP contribution in [0.4, 0.5) is 0 Å². The van der Waals surface area contributed by atoms with Crippen molar-refractivity contribution in [2.75, 3.05) is 0 Å². The average Bonchev–Trinajstić information content (AvgIpc) is 3.28. The van der Waals surface area contributed by atoms with E-state index in [4.69, 9.17) is 9.63 Å². The number of aliphatic carboxylic acids is 1. The molecule has 0 unspecified atom stereocenters. The lowest BCUT2D eigenvalue weighted by Gasteiger charge is -2.11. The Morgan fingerprint density at radius 3 is 3.00 bits per heavy atom. The minimum Gasteiger partial charge on any atom is -0.481 e. The predicted octanol–water partition coefficient (Wildman–Crippen LogP) is 2.49. The minimum absolute atomic E-state index is 0.0209. The average molecular weight is 349 g/mol. The molecule has 24 heavy (non-hydrogen) atoms. The number of hydrogen-bond donors (Lipinski definition) is 2. The molecule has 0 aliphatic heterocycles. The van der Waals surface area contributed by atoms with Crippen molar-refractivity contribution in [1.29, 1.82) is 0 Å². The summed E-state index contributed by atoms with van der Waals surface area (Å²) in [6, 6.07) is 3.84. The lowest BCUT2D eigenvalue weighted by Crippen LogP contribution is -2.33. The van der Waals surface area contributed by atoms with Crippen LogP contribution in [-0.2, 0) is 16.0 Å². The number of nitrogens with zero attached hydrogens (tertiary/aromatic N) is 2. The number of rotatable bonds is 7. The molecule has 1 aliphatic carbocycles. The van der Waals surface area contributed by atoms with E-state index in [1.54, 1.807) is 11.3 Å². The van der Waals surface area contributed by atoms with Gasteiger partial charge in [-0.1, -0.05) is 11.2 Å². The highest BCUT2D eigenvalue weighted by Crippen LogP contribution is 2.26. The van der Waals surface area contributed by atoms with Gasteiger partial charge in [0.15, 0.2) is 0 Å². The van der Waals surface area contributed by atoms with Crippen molar-refractivity contribution < 1.29 is 19.2 Å². The van der Waals surface area contributed by atoms with E-state index >= 15 is 0 Å². The summed E-state index contributed by atoms with van der Waals surface area (Å²) in [5.41, 5.74) is 0. The van der Waals surface area contributed by atoms with Crippen molar-refractivity contribution in [3.8, 4) is 10.7 Å². The highest BCUT2D eigenvalue weighted by molar-refractivity contribution is 7.13. The Balaban J connectivity index is 1.39. The van der Waals surface area contributed by atoms with Crippen molar-refractivity contribution in [2.24, 2.45) is 5.92 Å². The quantitative estimate of drug-likeness (QED) is 0.795. The summed E-state index contributed by atoms with van der Waals surface area (Å²) < 4.78 is 5.19. The van der Waals surface area contributed by atoms with E-state index in [0.29, 0.717) is 43.8 Å². The van der Waals surface area contributed by atoms with Crippen LogP contribution in [0, 0.1) is 5.92 Å². The van der Waals surface area contributed by atoms with Crippen molar-refractivity contribution in [1.82, 2.24) is 15.5 Å². The largest absolute Gasteiger partial charge is 0.481 e. The van der Waals surface area contributed by atoms with Gasteiger partial charge in [0.25, 0.3) is 0 Å². The highest BCUT2D eigenvalue weighted by atomic mass is 32.1. The van der Waals surface area contributed by atoms with Gasteiger partial charge >= 0.3 is 5.97 Å². The number of aryl methyl sites for hydroxylation is 1. The minimum atomic E-state index is -0.773. The van der Waals surface area contributed by atoms with Crippen molar-refractivity contribution in [3.05, 3.63) is 23.4 Å². The molecule has 0 saturated heterocycles. The second-order valence-corrected chi connectivity index (χ2v) is 6.90. The van der Waals surface area contributed by atoms with Crippen molar-refractivity contribution in [3.63, 3.8) is 0 Å². The van der Waals surface area contributed by atoms with E-state index in [0.717, 1.165) is 11.3 Å². The number of thiophene rings is 1. The second-order valence-electron chi connectivity index (χ2n) is 5.96. The van der Waals surface area contributed by atoms with Crippen molar-refractivity contribution in [2.45, 2.75) is 44.6 Å². The first kappa shape index (κ1) is 16.6. The number of carbonyl (C=O) groups excluding carboxylic acids is 1. The second kappa shape index (κ2) is 7.57. The molecule has 0 aromatic carbocycles. The molecule has 7 nitrogen and oxygen atoms in total. The highest BCUT2D eigenvalue weighted by Gasteiger charge is 2.30. The van der Waals surface area contributed by atoms with Gasteiger partial charge in [0, 0.05) is 18.9 Å². The molecule has 1 aliphatic rings. The number of nitrogens with one attached hydrogen (secondary N) is 1. The third kappa shape index (κ3) is 4.19. The van der Waals surface area contributed by atoms with Crippen LogP contribution in [-0.4, -0.2) is 33.2 Å². The van der Waals surface area contributed by atoms with E-state index < -0.39 is 5.97 Å². The standard InChI is InChI=1S/C16H19N3O4S/c20-13(17-11-7-6-10(9-11)16(21)22)4-1-5-14-18-15(19-23-14)12-3-2-8-24-12/h2-3,8,10-11H,1,4-7,9H2,(H,17,20)(H,21,22)/t10-,11+/m1/s1. The van der Waals surface area contributed by atoms with Crippen LogP contribution >= 0.6 is 11.3 Å².